The van der Waals surface area contributed by atoms with Gasteiger partial charge in [0, 0.05) is 63.3 Å². The molecule has 3 atom stereocenters. The van der Waals surface area contributed by atoms with Crippen molar-refractivity contribution in [3.8, 4) is 10.4 Å². The Hall–Kier alpha value is -2.94. The van der Waals surface area contributed by atoms with Gasteiger partial charge in [0.15, 0.2) is 0 Å². The van der Waals surface area contributed by atoms with Crippen LogP contribution in [0.4, 0.5) is 8.78 Å². The van der Waals surface area contributed by atoms with Crippen molar-refractivity contribution >= 4 is 37.1 Å². The number of aromatic nitrogens is 4. The second kappa shape index (κ2) is 17.5. The Kier molecular flexibility index (Phi) is 14.6. The summed E-state index contributed by atoms with van der Waals surface area (Å²) in [7, 11) is 2.95. The van der Waals surface area contributed by atoms with Gasteiger partial charge in [-0.1, -0.05) is 64.1 Å². The zero-order chi connectivity index (χ0) is 37.8. The fourth-order valence-corrected chi connectivity index (χ4v) is 8.99. The van der Waals surface area contributed by atoms with E-state index in [0.29, 0.717) is 19.5 Å². The van der Waals surface area contributed by atoms with E-state index in [9.17, 15) is 18.4 Å². The van der Waals surface area contributed by atoms with Gasteiger partial charge >= 0.3 is 0 Å². The summed E-state index contributed by atoms with van der Waals surface area (Å²) in [5, 5.41) is 18.6. The number of hydrogen-bond acceptors (Lipinski definition) is 8. The molecule has 0 bridgehead atoms. The number of amides is 2. The van der Waals surface area contributed by atoms with Crippen LogP contribution in [0.5, 0.6) is 0 Å². The largest absolute Gasteiger partial charge is 0.400 e. The van der Waals surface area contributed by atoms with E-state index in [1.54, 1.807) is 16.0 Å². The number of nitrogens with one attached hydrogen (secondary N) is 1. The number of hydrogen-bond donors (Lipinski definition) is 2. The van der Waals surface area contributed by atoms with Crippen molar-refractivity contribution in [1.29, 1.82) is 0 Å². The van der Waals surface area contributed by atoms with E-state index in [0.717, 1.165) is 62.8 Å². The van der Waals surface area contributed by atoms with Crippen molar-refractivity contribution < 1.29 is 23.5 Å². The van der Waals surface area contributed by atoms with Crippen LogP contribution >= 0.6 is 24.8 Å². The van der Waals surface area contributed by atoms with Crippen molar-refractivity contribution in [1.82, 2.24) is 35.1 Å². The summed E-state index contributed by atoms with van der Waals surface area (Å²) in [6.07, 6.45) is 6.68. The van der Waals surface area contributed by atoms with Gasteiger partial charge in [-0.05, 0) is 68.5 Å². The fourth-order valence-electron chi connectivity index (χ4n) is 8.18. The van der Waals surface area contributed by atoms with Gasteiger partial charge in [-0.15, -0.1) is 16.4 Å². The quantitative estimate of drug-likeness (QED) is 0.212. The molecule has 6 rings (SSSR count). The Bertz CT molecular complexity index is 1600. The topological polar surface area (TPSA) is 116 Å². The maximum atomic E-state index is 13.5. The summed E-state index contributed by atoms with van der Waals surface area (Å²) in [6, 6.07) is 8.03. The molecule has 2 N–H and O–H groups in total. The average Bonchev–Trinajstić information content (AvgIpc) is 3.55. The number of rotatable bonds is 11. The summed E-state index contributed by atoms with van der Waals surface area (Å²) in [6.45, 7) is 17.5. The van der Waals surface area contributed by atoms with Gasteiger partial charge in [0.1, 0.15) is 6.04 Å². The molecule has 290 valence electrons. The first-order chi connectivity index (χ1) is 23.9. The summed E-state index contributed by atoms with van der Waals surface area (Å²) < 4.78 is 28.4. The molecule has 14 heteroatoms. The zero-order valence-corrected chi connectivity index (χ0v) is 34.1. The molecule has 2 amide bonds. The molecule has 3 aromatic rings. The standard InChI is InChI=1S/C25H41F2N5O.C12H12N2OS.CH4O.H2S/c1-17-9-8-10-31(17)21(33)20(22(2,3)4)32-13-19(28-29-32)24(6)14-23(5,15-24)16-30(7)12-18-11-25(18,26)27;1-9-12(16-8-14-9)11-4-2-10(3-5-11)6-13-7-15;1-2;/h13,17-18,20H,8-12,14-16H2,1-7H3;2-5,7-8H,6H2,1H3,(H,13,15);2H,1H3;1H2/t17?,18-,20?,23?,24?;;;/m1.../s1. The minimum atomic E-state index is -2.46. The van der Waals surface area contributed by atoms with Gasteiger partial charge in [0.2, 0.25) is 12.3 Å². The maximum Gasteiger partial charge on any atom is 0.252 e. The Labute approximate surface area is 319 Å². The number of nitrogens with zero attached hydrogens (tertiary/aromatic N) is 6. The van der Waals surface area contributed by atoms with Gasteiger partial charge in [-0.2, -0.15) is 13.5 Å². The third-order valence-electron chi connectivity index (χ3n) is 10.4. The number of halogens is 2. The second-order valence-corrected chi connectivity index (χ2v) is 17.3. The lowest BCUT2D eigenvalue weighted by molar-refractivity contribution is -0.139. The van der Waals surface area contributed by atoms with E-state index >= 15 is 0 Å². The first-order valence-electron chi connectivity index (χ1n) is 17.8. The highest BCUT2D eigenvalue weighted by Gasteiger charge is 2.58. The molecule has 10 nitrogen and oxygen atoms in total. The van der Waals surface area contributed by atoms with E-state index < -0.39 is 11.8 Å². The number of benzene rings is 1. The summed E-state index contributed by atoms with van der Waals surface area (Å²) in [5.41, 5.74) is 5.79. The Balaban J connectivity index is 0.000000322. The number of aliphatic hydroxyl groups is 1. The van der Waals surface area contributed by atoms with Crippen LogP contribution in [0.1, 0.15) is 96.6 Å². The van der Waals surface area contributed by atoms with Crippen LogP contribution in [0.25, 0.3) is 10.4 Å². The average molecular weight is 764 g/mol. The number of aliphatic hydroxyl groups excluding tert-OH is 1. The first-order valence-corrected chi connectivity index (χ1v) is 18.7. The van der Waals surface area contributed by atoms with Crippen LogP contribution in [0, 0.1) is 23.7 Å². The molecule has 3 fully saturated rings. The van der Waals surface area contributed by atoms with Crippen molar-refractivity contribution in [2.75, 3.05) is 33.8 Å². The molecule has 3 aliphatic rings. The van der Waals surface area contributed by atoms with Crippen LogP contribution in [0.3, 0.4) is 0 Å². The van der Waals surface area contributed by atoms with Crippen LogP contribution in [0.2, 0.25) is 0 Å². The van der Waals surface area contributed by atoms with E-state index in [4.69, 9.17) is 5.11 Å². The molecular formula is C38H59F2N7O3S2. The second-order valence-electron chi connectivity index (χ2n) is 16.4. The number of carbonyl (C=O) groups is 2. The molecule has 1 aliphatic heterocycles. The summed E-state index contributed by atoms with van der Waals surface area (Å²) in [5.74, 6) is -2.82. The van der Waals surface area contributed by atoms with Gasteiger partial charge in [0.25, 0.3) is 5.92 Å². The van der Waals surface area contributed by atoms with Gasteiger partial charge in [-0.25, -0.2) is 18.4 Å². The van der Waals surface area contributed by atoms with Gasteiger partial charge in [0.05, 0.1) is 21.8 Å². The summed E-state index contributed by atoms with van der Waals surface area (Å²) in [4.78, 5) is 33.1. The molecule has 52 heavy (non-hydrogen) atoms. The molecule has 0 radical (unpaired) electrons. The number of aryl methyl sites for hydroxylation is 1. The van der Waals surface area contributed by atoms with Gasteiger partial charge in [-0.3, -0.25) is 9.59 Å². The van der Waals surface area contributed by atoms with Crippen molar-refractivity contribution in [3.05, 3.63) is 52.9 Å². The number of thiazole rings is 1. The van der Waals surface area contributed by atoms with Crippen molar-refractivity contribution in [3.63, 3.8) is 0 Å². The van der Waals surface area contributed by atoms with Crippen LogP contribution in [-0.4, -0.2) is 93.0 Å². The van der Waals surface area contributed by atoms with Gasteiger partial charge < -0.3 is 20.2 Å². The molecule has 2 saturated carbocycles. The highest BCUT2D eigenvalue weighted by atomic mass is 32.1. The predicted molar refractivity (Wildman–Crippen MR) is 208 cm³/mol. The van der Waals surface area contributed by atoms with E-state index in [1.165, 1.54) is 10.4 Å². The normalized spacial score (nSPS) is 25.1. The minimum Gasteiger partial charge on any atom is -0.400 e. The number of likely N-dealkylation sites (tertiary alicyclic amines) is 1. The SMILES string of the molecule is CC1CCCN1C(=O)C(n1cc(C2(C)CC(C)(CN(C)C[C@H]3CC3(F)F)C2)nn1)C(C)(C)C.CO.Cc1ncsc1-c1ccc(CNC=O)cc1.S. The third kappa shape index (κ3) is 10.4. The smallest absolute Gasteiger partial charge is 0.252 e. The Morgan fingerprint density at radius 3 is 2.33 bits per heavy atom. The maximum absolute atomic E-state index is 13.5. The zero-order valence-electron chi connectivity index (χ0n) is 32.2. The number of alkyl halides is 2. The van der Waals surface area contributed by atoms with Crippen LogP contribution in [-0.2, 0) is 21.5 Å². The fraction of sp³-hybridized carbons (Fsp3) is 0.658. The lowest BCUT2D eigenvalue weighted by atomic mass is 9.53. The minimum absolute atomic E-state index is 0. The predicted octanol–water partition coefficient (Wildman–Crippen LogP) is 6.61. The molecule has 2 aromatic heterocycles. The Morgan fingerprint density at radius 1 is 1.19 bits per heavy atom. The number of carbonyl (C=O) groups excluding carboxylic acids is 2. The summed E-state index contributed by atoms with van der Waals surface area (Å²) >= 11 is 1.64. The molecule has 3 heterocycles. The Morgan fingerprint density at radius 2 is 1.83 bits per heavy atom. The molecule has 1 aromatic carbocycles. The lowest BCUT2D eigenvalue weighted by Gasteiger charge is -2.53. The van der Waals surface area contributed by atoms with Crippen molar-refractivity contribution in [2.45, 2.75) is 111 Å². The molecular weight excluding hydrogens is 705 g/mol. The third-order valence-corrected chi connectivity index (χ3v) is 11.4. The van der Waals surface area contributed by atoms with E-state index in [1.807, 2.05) is 42.7 Å². The van der Waals surface area contributed by atoms with Crippen LogP contribution in [0.15, 0.2) is 36.0 Å². The molecule has 2 aliphatic carbocycles. The highest BCUT2D eigenvalue weighted by molar-refractivity contribution is 7.59. The molecule has 1 saturated heterocycles. The van der Waals surface area contributed by atoms with E-state index in [-0.39, 0.29) is 54.2 Å². The van der Waals surface area contributed by atoms with Crippen molar-refractivity contribution in [2.24, 2.45) is 16.7 Å². The first kappa shape index (κ1) is 43.5. The highest BCUT2D eigenvalue weighted by Crippen LogP contribution is 2.56. The molecule has 0 spiro atoms. The van der Waals surface area contributed by atoms with E-state index in [2.05, 4.69) is 79.2 Å². The lowest BCUT2D eigenvalue weighted by Crippen LogP contribution is -2.51. The molecule has 2 unspecified atom stereocenters. The van der Waals surface area contributed by atoms with Crippen LogP contribution < -0.4 is 5.32 Å². The monoisotopic (exact) mass is 763 g/mol.